The van der Waals surface area contributed by atoms with E-state index >= 15 is 0 Å². The van der Waals surface area contributed by atoms with Gasteiger partial charge in [-0.2, -0.15) is 0 Å². The SMILES string of the molecule is CC(=O)c1ccc(F)c(Cl)c1C=O. The number of rotatable bonds is 2. The number of carbonyl (C=O) groups is 2. The smallest absolute Gasteiger partial charge is 0.160 e. The second-order valence-corrected chi connectivity index (χ2v) is 2.87. The molecule has 13 heavy (non-hydrogen) atoms. The average molecular weight is 201 g/mol. The molecule has 0 N–H and O–H groups in total. The first kappa shape index (κ1) is 9.86. The standard InChI is InChI=1S/C9H6ClFO2/c1-5(13)6-2-3-8(11)9(10)7(6)4-12/h2-4H,1H3. The number of aldehydes is 1. The summed E-state index contributed by atoms with van der Waals surface area (Å²) in [6, 6.07) is 2.30. The summed E-state index contributed by atoms with van der Waals surface area (Å²) in [4.78, 5) is 21.5. The molecule has 0 saturated heterocycles. The van der Waals surface area contributed by atoms with Gasteiger partial charge in [0, 0.05) is 11.1 Å². The molecule has 4 heteroatoms. The summed E-state index contributed by atoms with van der Waals surface area (Å²) in [6.07, 6.45) is 0.377. The van der Waals surface area contributed by atoms with Crippen molar-refractivity contribution in [3.8, 4) is 0 Å². The fourth-order valence-electron chi connectivity index (χ4n) is 0.989. The number of hydrogen-bond acceptors (Lipinski definition) is 2. The molecule has 0 amide bonds. The summed E-state index contributed by atoms with van der Waals surface area (Å²) in [5, 5.41) is -0.303. The first-order valence-electron chi connectivity index (χ1n) is 3.52. The largest absolute Gasteiger partial charge is 0.298 e. The van der Waals surface area contributed by atoms with E-state index in [1.54, 1.807) is 0 Å². The number of benzene rings is 1. The molecule has 0 unspecified atom stereocenters. The first-order chi connectivity index (χ1) is 6.07. The van der Waals surface area contributed by atoms with Gasteiger partial charge in [0.05, 0.1) is 5.02 Å². The van der Waals surface area contributed by atoms with Crippen molar-refractivity contribution in [1.29, 1.82) is 0 Å². The third kappa shape index (κ3) is 1.75. The van der Waals surface area contributed by atoms with E-state index < -0.39 is 5.82 Å². The minimum Gasteiger partial charge on any atom is -0.298 e. The van der Waals surface area contributed by atoms with Gasteiger partial charge in [-0.25, -0.2) is 4.39 Å². The second-order valence-electron chi connectivity index (χ2n) is 2.50. The van der Waals surface area contributed by atoms with Crippen LogP contribution in [0.4, 0.5) is 4.39 Å². The summed E-state index contributed by atoms with van der Waals surface area (Å²) >= 11 is 5.48. The summed E-state index contributed by atoms with van der Waals surface area (Å²) in [7, 11) is 0. The molecule has 2 nitrogen and oxygen atoms in total. The summed E-state index contributed by atoms with van der Waals surface area (Å²) < 4.78 is 12.8. The van der Waals surface area contributed by atoms with Crippen LogP contribution in [0.1, 0.15) is 27.6 Å². The van der Waals surface area contributed by atoms with Crippen molar-refractivity contribution in [2.75, 3.05) is 0 Å². The molecule has 0 bridgehead atoms. The van der Waals surface area contributed by atoms with Crippen LogP contribution in [0.3, 0.4) is 0 Å². The van der Waals surface area contributed by atoms with Gasteiger partial charge in [-0.3, -0.25) is 9.59 Å². The van der Waals surface area contributed by atoms with E-state index in [1.165, 1.54) is 13.0 Å². The van der Waals surface area contributed by atoms with Gasteiger partial charge >= 0.3 is 0 Å². The molecule has 0 aliphatic heterocycles. The molecule has 0 spiro atoms. The predicted molar refractivity (Wildman–Crippen MR) is 46.8 cm³/mol. The molecule has 0 saturated carbocycles. The number of carbonyl (C=O) groups excluding carboxylic acids is 2. The van der Waals surface area contributed by atoms with Gasteiger partial charge in [-0.15, -0.1) is 0 Å². The van der Waals surface area contributed by atoms with E-state index in [0.29, 0.717) is 6.29 Å². The number of Topliss-reactive ketones (excluding diaryl/α,β-unsaturated/α-hetero) is 1. The molecule has 1 aromatic carbocycles. The maximum atomic E-state index is 12.8. The molecule has 0 aliphatic carbocycles. The van der Waals surface area contributed by atoms with E-state index in [0.717, 1.165) is 6.07 Å². The van der Waals surface area contributed by atoms with Crippen LogP contribution in [0.15, 0.2) is 12.1 Å². The Bertz CT molecular complexity index is 374. The fraction of sp³-hybridized carbons (Fsp3) is 0.111. The van der Waals surface area contributed by atoms with E-state index in [-0.39, 0.29) is 21.9 Å². The van der Waals surface area contributed by atoms with Crippen LogP contribution < -0.4 is 0 Å². The third-order valence-corrected chi connectivity index (χ3v) is 2.01. The van der Waals surface area contributed by atoms with E-state index in [4.69, 9.17) is 11.6 Å². The molecule has 0 radical (unpaired) electrons. The van der Waals surface area contributed by atoms with Crippen molar-refractivity contribution in [3.05, 3.63) is 34.1 Å². The van der Waals surface area contributed by atoms with Gasteiger partial charge in [0.15, 0.2) is 12.1 Å². The van der Waals surface area contributed by atoms with Gasteiger partial charge in [0.25, 0.3) is 0 Å². The van der Waals surface area contributed by atoms with Crippen molar-refractivity contribution in [3.63, 3.8) is 0 Å². The zero-order chi connectivity index (χ0) is 10.0. The Morgan fingerprint density at radius 1 is 1.54 bits per heavy atom. The first-order valence-corrected chi connectivity index (χ1v) is 3.90. The van der Waals surface area contributed by atoms with Crippen LogP contribution in [0.5, 0.6) is 0 Å². The predicted octanol–water partition coefficient (Wildman–Crippen LogP) is 2.49. The highest BCUT2D eigenvalue weighted by Crippen LogP contribution is 2.22. The lowest BCUT2D eigenvalue weighted by molar-refractivity contribution is 0.100. The van der Waals surface area contributed by atoms with Crippen molar-refractivity contribution in [2.24, 2.45) is 0 Å². The lowest BCUT2D eigenvalue weighted by atomic mass is 10.1. The zero-order valence-corrected chi connectivity index (χ0v) is 7.56. The van der Waals surface area contributed by atoms with E-state index in [2.05, 4.69) is 0 Å². The molecule has 0 fully saturated rings. The van der Waals surface area contributed by atoms with E-state index in [9.17, 15) is 14.0 Å². The van der Waals surface area contributed by atoms with Gasteiger partial charge < -0.3 is 0 Å². The van der Waals surface area contributed by atoms with Crippen LogP contribution in [-0.4, -0.2) is 12.1 Å². The molecule has 1 aromatic rings. The van der Waals surface area contributed by atoms with Crippen LogP contribution in [0, 0.1) is 5.82 Å². The van der Waals surface area contributed by atoms with Gasteiger partial charge in [0.1, 0.15) is 5.82 Å². The maximum absolute atomic E-state index is 12.8. The molecule has 0 aromatic heterocycles. The highest BCUT2D eigenvalue weighted by molar-refractivity contribution is 6.33. The minimum absolute atomic E-state index is 0.0887. The normalized spacial score (nSPS) is 9.77. The molecule has 0 atom stereocenters. The van der Waals surface area contributed by atoms with Crippen molar-refractivity contribution in [1.82, 2.24) is 0 Å². The number of ketones is 1. The summed E-state index contributed by atoms with van der Waals surface area (Å²) in [6.45, 7) is 1.29. The summed E-state index contributed by atoms with van der Waals surface area (Å²) in [5.74, 6) is -1.02. The maximum Gasteiger partial charge on any atom is 0.160 e. The topological polar surface area (TPSA) is 34.1 Å². The lowest BCUT2D eigenvalue weighted by Gasteiger charge is -2.02. The van der Waals surface area contributed by atoms with Crippen molar-refractivity contribution < 1.29 is 14.0 Å². The van der Waals surface area contributed by atoms with E-state index in [1.807, 2.05) is 0 Å². The van der Waals surface area contributed by atoms with Crippen LogP contribution in [-0.2, 0) is 0 Å². The van der Waals surface area contributed by atoms with Gasteiger partial charge in [0.2, 0.25) is 0 Å². The highest BCUT2D eigenvalue weighted by Gasteiger charge is 2.13. The Kier molecular flexibility index (Phi) is 2.78. The van der Waals surface area contributed by atoms with Crippen LogP contribution >= 0.6 is 11.6 Å². The number of hydrogen-bond donors (Lipinski definition) is 0. The Balaban J connectivity index is 3.47. The molecular weight excluding hydrogens is 195 g/mol. The highest BCUT2D eigenvalue weighted by atomic mass is 35.5. The molecule has 0 aliphatic rings. The lowest BCUT2D eigenvalue weighted by Crippen LogP contribution is -2.00. The Labute approximate surface area is 79.3 Å². The monoisotopic (exact) mass is 200 g/mol. The Hall–Kier alpha value is -1.22. The Morgan fingerprint density at radius 2 is 2.15 bits per heavy atom. The third-order valence-electron chi connectivity index (χ3n) is 1.63. The fourth-order valence-corrected chi connectivity index (χ4v) is 1.20. The van der Waals surface area contributed by atoms with Crippen LogP contribution in [0.25, 0.3) is 0 Å². The number of halogens is 2. The summed E-state index contributed by atoms with van der Waals surface area (Å²) in [5.41, 5.74) is 0.0515. The molecule has 0 heterocycles. The minimum atomic E-state index is -0.700. The quantitative estimate of drug-likeness (QED) is 0.543. The molecule has 1 rings (SSSR count). The zero-order valence-electron chi connectivity index (χ0n) is 6.80. The molecule has 68 valence electrons. The second kappa shape index (κ2) is 3.66. The average Bonchev–Trinajstić information content (AvgIpc) is 2.09. The van der Waals surface area contributed by atoms with Gasteiger partial charge in [-0.05, 0) is 19.1 Å². The Morgan fingerprint density at radius 3 is 2.62 bits per heavy atom. The van der Waals surface area contributed by atoms with Gasteiger partial charge in [-0.1, -0.05) is 11.6 Å². The van der Waals surface area contributed by atoms with Crippen molar-refractivity contribution in [2.45, 2.75) is 6.92 Å². The van der Waals surface area contributed by atoms with Crippen molar-refractivity contribution >= 4 is 23.7 Å². The molecular formula is C9H6ClFO2. The van der Waals surface area contributed by atoms with Crippen LogP contribution in [0.2, 0.25) is 5.02 Å².